The minimum Gasteiger partial charge on any atom is -0.396 e. The first kappa shape index (κ1) is 15.9. The summed E-state index contributed by atoms with van der Waals surface area (Å²) in [5, 5.41) is 18.1. The lowest BCUT2D eigenvalue weighted by Gasteiger charge is -2.34. The van der Waals surface area contributed by atoms with Gasteiger partial charge < -0.3 is 5.11 Å². The fourth-order valence-corrected chi connectivity index (χ4v) is 4.56. The van der Waals surface area contributed by atoms with E-state index in [9.17, 15) is 12.8 Å². The van der Waals surface area contributed by atoms with Gasteiger partial charge in [-0.2, -0.15) is 9.57 Å². The Balaban J connectivity index is 2.46. The predicted octanol–water partition coefficient (Wildman–Crippen LogP) is 1.62. The SMILES string of the molecule is N#Cc1c(F)cccc1S(=O)(=O)N1CCCCC1CCO. The Hall–Kier alpha value is -1.49. The van der Waals surface area contributed by atoms with Crippen LogP contribution in [0.4, 0.5) is 4.39 Å². The van der Waals surface area contributed by atoms with Crippen molar-refractivity contribution < 1.29 is 17.9 Å². The molecule has 1 aromatic carbocycles. The number of hydrogen-bond donors (Lipinski definition) is 1. The maximum atomic E-state index is 13.6. The first-order chi connectivity index (χ1) is 10.0. The topological polar surface area (TPSA) is 81.4 Å². The molecule has 0 amide bonds. The molecule has 114 valence electrons. The summed E-state index contributed by atoms with van der Waals surface area (Å²) >= 11 is 0. The lowest BCUT2D eigenvalue weighted by molar-refractivity contribution is 0.192. The lowest BCUT2D eigenvalue weighted by Crippen LogP contribution is -2.44. The van der Waals surface area contributed by atoms with Gasteiger partial charge in [0.2, 0.25) is 10.0 Å². The average Bonchev–Trinajstić information content (AvgIpc) is 2.47. The van der Waals surface area contributed by atoms with E-state index >= 15 is 0 Å². The fourth-order valence-electron chi connectivity index (χ4n) is 2.68. The minimum atomic E-state index is -3.94. The smallest absolute Gasteiger partial charge is 0.244 e. The molecule has 1 unspecified atom stereocenters. The van der Waals surface area contributed by atoms with Gasteiger partial charge >= 0.3 is 0 Å². The van der Waals surface area contributed by atoms with Crippen LogP contribution in [0, 0.1) is 17.1 Å². The van der Waals surface area contributed by atoms with Crippen molar-refractivity contribution in [3.63, 3.8) is 0 Å². The molecule has 5 nitrogen and oxygen atoms in total. The minimum absolute atomic E-state index is 0.106. The number of hydrogen-bond acceptors (Lipinski definition) is 4. The molecule has 1 atom stereocenters. The summed E-state index contributed by atoms with van der Waals surface area (Å²) in [5.74, 6) is -0.839. The Morgan fingerprint density at radius 2 is 2.19 bits per heavy atom. The van der Waals surface area contributed by atoms with E-state index in [0.29, 0.717) is 19.4 Å². The molecule has 1 aliphatic heterocycles. The van der Waals surface area contributed by atoms with Crippen molar-refractivity contribution >= 4 is 10.0 Å². The van der Waals surface area contributed by atoms with E-state index in [0.717, 1.165) is 18.9 Å². The number of benzene rings is 1. The van der Waals surface area contributed by atoms with Crippen molar-refractivity contribution in [2.45, 2.75) is 36.6 Å². The van der Waals surface area contributed by atoms with Gasteiger partial charge in [0, 0.05) is 19.2 Å². The van der Waals surface area contributed by atoms with Crippen molar-refractivity contribution in [2.24, 2.45) is 0 Å². The Labute approximate surface area is 123 Å². The number of aliphatic hydroxyl groups excluding tert-OH is 1. The third kappa shape index (κ3) is 3.07. The van der Waals surface area contributed by atoms with Crippen LogP contribution >= 0.6 is 0 Å². The van der Waals surface area contributed by atoms with Crippen LogP contribution in [0.3, 0.4) is 0 Å². The van der Waals surface area contributed by atoms with Gasteiger partial charge in [-0.05, 0) is 31.4 Å². The van der Waals surface area contributed by atoms with E-state index < -0.39 is 21.4 Å². The standard InChI is InChI=1S/C14H17FN2O3S/c15-13-5-3-6-14(12(13)10-16)21(19,20)17-8-2-1-4-11(17)7-9-18/h3,5-6,11,18H,1-2,4,7-9H2. The van der Waals surface area contributed by atoms with E-state index in [1.54, 1.807) is 6.07 Å². The van der Waals surface area contributed by atoms with Crippen LogP contribution in [-0.2, 0) is 10.0 Å². The van der Waals surface area contributed by atoms with Crippen molar-refractivity contribution in [3.8, 4) is 6.07 Å². The second kappa shape index (κ2) is 6.52. The second-order valence-corrected chi connectivity index (χ2v) is 6.86. The molecule has 1 saturated heterocycles. The predicted molar refractivity (Wildman–Crippen MR) is 74.3 cm³/mol. The van der Waals surface area contributed by atoms with Crippen LogP contribution < -0.4 is 0 Å². The number of rotatable bonds is 4. The Morgan fingerprint density at radius 1 is 1.43 bits per heavy atom. The van der Waals surface area contributed by atoms with E-state index in [4.69, 9.17) is 10.4 Å². The summed E-state index contributed by atoms with van der Waals surface area (Å²) in [4.78, 5) is -0.296. The van der Waals surface area contributed by atoms with E-state index in [2.05, 4.69) is 0 Å². The number of nitriles is 1. The number of nitrogens with zero attached hydrogens (tertiary/aromatic N) is 2. The van der Waals surface area contributed by atoms with Gasteiger partial charge in [-0.25, -0.2) is 12.8 Å². The summed E-state index contributed by atoms with van der Waals surface area (Å²) < 4.78 is 40.4. The average molecular weight is 312 g/mol. The molecule has 7 heteroatoms. The first-order valence-corrected chi connectivity index (χ1v) is 8.27. The van der Waals surface area contributed by atoms with Gasteiger partial charge in [-0.15, -0.1) is 0 Å². The molecule has 1 heterocycles. The molecule has 2 rings (SSSR count). The van der Waals surface area contributed by atoms with Gasteiger partial charge in [0.1, 0.15) is 22.3 Å². The van der Waals surface area contributed by atoms with Crippen LogP contribution in [0.2, 0.25) is 0 Å². The highest BCUT2D eigenvalue weighted by molar-refractivity contribution is 7.89. The molecule has 0 spiro atoms. The highest BCUT2D eigenvalue weighted by Crippen LogP contribution is 2.29. The molecular weight excluding hydrogens is 295 g/mol. The first-order valence-electron chi connectivity index (χ1n) is 6.83. The molecule has 21 heavy (non-hydrogen) atoms. The fraction of sp³-hybridized carbons (Fsp3) is 0.500. The summed E-state index contributed by atoms with van der Waals surface area (Å²) in [6.07, 6.45) is 2.62. The summed E-state index contributed by atoms with van der Waals surface area (Å²) in [7, 11) is -3.94. The van der Waals surface area contributed by atoms with Gasteiger partial charge in [0.05, 0.1) is 0 Å². The highest BCUT2D eigenvalue weighted by atomic mass is 32.2. The lowest BCUT2D eigenvalue weighted by atomic mass is 10.0. The Kier molecular flexibility index (Phi) is 4.93. The molecule has 1 N–H and O–H groups in total. The Morgan fingerprint density at radius 3 is 2.86 bits per heavy atom. The van der Waals surface area contributed by atoms with E-state index in [1.165, 1.54) is 16.4 Å². The number of piperidine rings is 1. The maximum absolute atomic E-state index is 13.6. The van der Waals surface area contributed by atoms with E-state index in [1.807, 2.05) is 0 Å². The molecule has 0 radical (unpaired) electrons. The molecule has 0 saturated carbocycles. The molecule has 0 aliphatic carbocycles. The quantitative estimate of drug-likeness (QED) is 0.916. The summed E-state index contributed by atoms with van der Waals surface area (Å²) in [5.41, 5.74) is -0.453. The Bertz CT molecular complexity index is 653. The zero-order chi connectivity index (χ0) is 15.5. The molecule has 0 aromatic heterocycles. The normalized spacial score (nSPS) is 20.1. The zero-order valence-electron chi connectivity index (χ0n) is 11.5. The van der Waals surface area contributed by atoms with Crippen LogP contribution in [0.15, 0.2) is 23.1 Å². The largest absolute Gasteiger partial charge is 0.396 e. The third-order valence-corrected chi connectivity index (χ3v) is 5.70. The number of halogens is 1. The van der Waals surface area contributed by atoms with E-state index in [-0.39, 0.29) is 17.5 Å². The number of aliphatic hydroxyl groups is 1. The molecule has 1 aromatic rings. The second-order valence-electron chi connectivity index (χ2n) is 5.00. The van der Waals surface area contributed by atoms with Crippen LogP contribution in [0.5, 0.6) is 0 Å². The number of sulfonamides is 1. The van der Waals surface area contributed by atoms with Gasteiger partial charge in [0.15, 0.2) is 0 Å². The third-order valence-electron chi connectivity index (χ3n) is 3.71. The van der Waals surface area contributed by atoms with Crippen molar-refractivity contribution in [1.29, 1.82) is 5.26 Å². The van der Waals surface area contributed by atoms with Crippen molar-refractivity contribution in [2.75, 3.05) is 13.2 Å². The summed E-state index contributed by atoms with van der Waals surface area (Å²) in [6, 6.07) is 4.93. The van der Waals surface area contributed by atoms with Gasteiger partial charge in [-0.3, -0.25) is 0 Å². The molecular formula is C14H17FN2O3S. The van der Waals surface area contributed by atoms with Crippen LogP contribution in [0.25, 0.3) is 0 Å². The maximum Gasteiger partial charge on any atom is 0.244 e. The van der Waals surface area contributed by atoms with Crippen molar-refractivity contribution in [3.05, 3.63) is 29.6 Å². The monoisotopic (exact) mass is 312 g/mol. The van der Waals surface area contributed by atoms with Crippen LogP contribution in [-0.4, -0.2) is 37.0 Å². The zero-order valence-corrected chi connectivity index (χ0v) is 12.3. The van der Waals surface area contributed by atoms with Gasteiger partial charge in [0.25, 0.3) is 0 Å². The highest BCUT2D eigenvalue weighted by Gasteiger charge is 2.35. The summed E-state index contributed by atoms with van der Waals surface area (Å²) in [6.45, 7) is 0.222. The van der Waals surface area contributed by atoms with Crippen LogP contribution in [0.1, 0.15) is 31.2 Å². The molecule has 1 fully saturated rings. The van der Waals surface area contributed by atoms with Gasteiger partial charge in [-0.1, -0.05) is 12.5 Å². The van der Waals surface area contributed by atoms with Crippen molar-refractivity contribution in [1.82, 2.24) is 4.31 Å². The molecule has 1 aliphatic rings. The molecule has 0 bridgehead atoms.